The number of benzene rings is 2. The highest BCUT2D eigenvalue weighted by Crippen LogP contribution is 2.33. The van der Waals surface area contributed by atoms with Crippen molar-refractivity contribution in [3.63, 3.8) is 0 Å². The molecule has 0 unspecified atom stereocenters. The van der Waals surface area contributed by atoms with E-state index >= 15 is 0 Å². The lowest BCUT2D eigenvalue weighted by Crippen LogP contribution is -2.00. The molecular weight excluding hydrogens is 277 g/mol. The van der Waals surface area contributed by atoms with Gasteiger partial charge in [-0.25, -0.2) is 18.0 Å². The molecule has 6 heteroatoms. The van der Waals surface area contributed by atoms with Gasteiger partial charge in [-0.05, 0) is 30.3 Å². The molecule has 19 heavy (non-hydrogen) atoms. The predicted octanol–water partition coefficient (Wildman–Crippen LogP) is 3.95. The third kappa shape index (κ3) is 2.90. The van der Waals surface area contributed by atoms with Gasteiger partial charge in [0.2, 0.25) is 0 Å². The third-order valence-corrected chi connectivity index (χ3v) is 3.42. The Morgan fingerprint density at radius 2 is 1.74 bits per heavy atom. The number of rotatable bonds is 3. The predicted molar refractivity (Wildman–Crippen MR) is 63.8 cm³/mol. The highest BCUT2D eigenvalue weighted by molar-refractivity contribution is 7.99. The monoisotopic (exact) mass is 284 g/mol. The van der Waals surface area contributed by atoms with Gasteiger partial charge in [0, 0.05) is 4.90 Å². The fourth-order valence-corrected chi connectivity index (χ4v) is 2.40. The zero-order valence-corrected chi connectivity index (χ0v) is 10.2. The molecule has 0 saturated heterocycles. The van der Waals surface area contributed by atoms with Gasteiger partial charge in [-0.15, -0.1) is 0 Å². The van der Waals surface area contributed by atoms with Gasteiger partial charge in [0.05, 0.1) is 10.5 Å². The van der Waals surface area contributed by atoms with Gasteiger partial charge < -0.3 is 5.11 Å². The number of carboxylic acid groups (broad SMARTS) is 1. The lowest BCUT2D eigenvalue weighted by Gasteiger charge is -2.07. The summed E-state index contributed by atoms with van der Waals surface area (Å²) in [5.74, 6) is -4.10. The van der Waals surface area contributed by atoms with Crippen LogP contribution in [0.15, 0.2) is 46.2 Å². The second-order valence-electron chi connectivity index (χ2n) is 3.60. The zero-order valence-electron chi connectivity index (χ0n) is 9.36. The SMILES string of the molecule is O=C(O)c1cccc(F)c1Sc1ccc(F)c(F)c1. The molecule has 98 valence electrons. The van der Waals surface area contributed by atoms with Crippen molar-refractivity contribution in [1.29, 1.82) is 0 Å². The van der Waals surface area contributed by atoms with E-state index in [1.807, 2.05) is 0 Å². The van der Waals surface area contributed by atoms with Crippen LogP contribution in [0.4, 0.5) is 13.2 Å². The van der Waals surface area contributed by atoms with E-state index in [0.29, 0.717) is 0 Å². The van der Waals surface area contributed by atoms with E-state index in [1.165, 1.54) is 18.2 Å². The van der Waals surface area contributed by atoms with Crippen LogP contribution < -0.4 is 0 Å². The van der Waals surface area contributed by atoms with E-state index in [0.717, 1.165) is 30.0 Å². The second kappa shape index (κ2) is 5.36. The van der Waals surface area contributed by atoms with Crippen molar-refractivity contribution in [3.05, 3.63) is 59.4 Å². The van der Waals surface area contributed by atoms with Crippen molar-refractivity contribution < 1.29 is 23.1 Å². The Hall–Kier alpha value is -1.95. The molecule has 0 heterocycles. The lowest BCUT2D eigenvalue weighted by molar-refractivity contribution is 0.0692. The molecule has 0 aliphatic heterocycles. The Labute approximate surface area is 110 Å². The summed E-state index contributed by atoms with van der Waals surface area (Å²) in [5.41, 5.74) is -0.227. The number of carbonyl (C=O) groups is 1. The van der Waals surface area contributed by atoms with Crippen molar-refractivity contribution >= 4 is 17.7 Å². The molecule has 0 atom stereocenters. The van der Waals surface area contributed by atoms with Gasteiger partial charge in [-0.2, -0.15) is 0 Å². The number of aromatic carboxylic acids is 1. The van der Waals surface area contributed by atoms with Crippen molar-refractivity contribution in [2.75, 3.05) is 0 Å². The Balaban J connectivity index is 2.42. The molecule has 2 rings (SSSR count). The van der Waals surface area contributed by atoms with Crippen molar-refractivity contribution in [1.82, 2.24) is 0 Å². The van der Waals surface area contributed by atoms with Crippen LogP contribution in [0.2, 0.25) is 0 Å². The molecule has 0 amide bonds. The van der Waals surface area contributed by atoms with Crippen LogP contribution in [0, 0.1) is 17.5 Å². The van der Waals surface area contributed by atoms with E-state index in [1.54, 1.807) is 0 Å². The molecule has 2 nitrogen and oxygen atoms in total. The maximum atomic E-state index is 13.6. The minimum Gasteiger partial charge on any atom is -0.478 e. The van der Waals surface area contributed by atoms with Crippen LogP contribution in [0.1, 0.15) is 10.4 Å². The van der Waals surface area contributed by atoms with Crippen molar-refractivity contribution in [2.24, 2.45) is 0 Å². The van der Waals surface area contributed by atoms with Crippen LogP contribution in [0.5, 0.6) is 0 Å². The van der Waals surface area contributed by atoms with E-state index < -0.39 is 23.4 Å². The average Bonchev–Trinajstić information content (AvgIpc) is 2.36. The smallest absolute Gasteiger partial charge is 0.336 e. The number of halogens is 3. The van der Waals surface area contributed by atoms with Crippen LogP contribution in [-0.2, 0) is 0 Å². The fraction of sp³-hybridized carbons (Fsp3) is 0. The summed E-state index contributed by atoms with van der Waals surface area (Å²) in [7, 11) is 0. The molecule has 0 aliphatic rings. The summed E-state index contributed by atoms with van der Waals surface area (Å²) in [4.78, 5) is 11.0. The summed E-state index contributed by atoms with van der Waals surface area (Å²) in [6.45, 7) is 0. The zero-order chi connectivity index (χ0) is 14.0. The molecule has 0 radical (unpaired) electrons. The van der Waals surface area contributed by atoms with Crippen LogP contribution in [0.25, 0.3) is 0 Å². The van der Waals surface area contributed by atoms with Gasteiger partial charge in [0.25, 0.3) is 0 Å². The Bertz CT molecular complexity index is 644. The molecule has 0 aromatic heterocycles. The quantitative estimate of drug-likeness (QED) is 0.927. The maximum Gasteiger partial charge on any atom is 0.336 e. The maximum absolute atomic E-state index is 13.6. The van der Waals surface area contributed by atoms with Gasteiger partial charge in [0.1, 0.15) is 5.82 Å². The summed E-state index contributed by atoms with van der Waals surface area (Å²) in [6.07, 6.45) is 0. The summed E-state index contributed by atoms with van der Waals surface area (Å²) in [5, 5.41) is 8.95. The van der Waals surface area contributed by atoms with Crippen molar-refractivity contribution in [3.8, 4) is 0 Å². The normalized spacial score (nSPS) is 10.5. The van der Waals surface area contributed by atoms with E-state index in [-0.39, 0.29) is 15.4 Å². The first-order chi connectivity index (χ1) is 8.99. The van der Waals surface area contributed by atoms with Crippen LogP contribution in [0.3, 0.4) is 0 Å². The minimum absolute atomic E-state index is 0.138. The van der Waals surface area contributed by atoms with Crippen molar-refractivity contribution in [2.45, 2.75) is 9.79 Å². The highest BCUT2D eigenvalue weighted by atomic mass is 32.2. The molecule has 0 bridgehead atoms. The van der Waals surface area contributed by atoms with Crippen LogP contribution >= 0.6 is 11.8 Å². The number of hydrogen-bond donors (Lipinski definition) is 1. The first-order valence-electron chi connectivity index (χ1n) is 5.13. The fourth-order valence-electron chi connectivity index (χ4n) is 1.44. The Morgan fingerprint density at radius 3 is 2.37 bits per heavy atom. The lowest BCUT2D eigenvalue weighted by atomic mass is 10.2. The highest BCUT2D eigenvalue weighted by Gasteiger charge is 2.16. The molecule has 2 aromatic carbocycles. The topological polar surface area (TPSA) is 37.3 Å². The van der Waals surface area contributed by atoms with Gasteiger partial charge in [-0.1, -0.05) is 17.8 Å². The van der Waals surface area contributed by atoms with E-state index in [2.05, 4.69) is 0 Å². The minimum atomic E-state index is -1.29. The molecule has 1 N–H and O–H groups in total. The Kier molecular flexibility index (Phi) is 3.80. The van der Waals surface area contributed by atoms with Gasteiger partial charge >= 0.3 is 5.97 Å². The molecule has 0 spiro atoms. The molecule has 2 aromatic rings. The summed E-state index contributed by atoms with van der Waals surface area (Å²) < 4.78 is 39.4. The summed E-state index contributed by atoms with van der Waals surface area (Å²) in [6, 6.07) is 6.66. The standard InChI is InChI=1S/C13H7F3O2S/c14-9-5-4-7(6-11(9)16)19-12-8(13(17)18)2-1-3-10(12)15/h1-6H,(H,17,18). The second-order valence-corrected chi connectivity index (χ2v) is 4.68. The van der Waals surface area contributed by atoms with E-state index in [4.69, 9.17) is 5.11 Å². The Morgan fingerprint density at radius 1 is 1.00 bits per heavy atom. The third-order valence-electron chi connectivity index (χ3n) is 2.31. The van der Waals surface area contributed by atoms with E-state index in [9.17, 15) is 18.0 Å². The summed E-state index contributed by atoms with van der Waals surface area (Å²) >= 11 is 0.730. The first kappa shape index (κ1) is 13.5. The molecule has 0 saturated carbocycles. The number of hydrogen-bond acceptors (Lipinski definition) is 2. The molecule has 0 fully saturated rings. The van der Waals surface area contributed by atoms with Gasteiger partial charge in [0.15, 0.2) is 11.6 Å². The largest absolute Gasteiger partial charge is 0.478 e. The van der Waals surface area contributed by atoms with Gasteiger partial charge in [-0.3, -0.25) is 0 Å². The molecular formula is C13H7F3O2S. The average molecular weight is 284 g/mol. The molecule has 0 aliphatic carbocycles. The first-order valence-corrected chi connectivity index (χ1v) is 5.95. The number of carboxylic acids is 1. The van der Waals surface area contributed by atoms with Crippen LogP contribution in [-0.4, -0.2) is 11.1 Å².